The zero-order valence-electron chi connectivity index (χ0n) is 12.8. The molecule has 0 aliphatic carbocycles. The molecule has 3 N–H and O–H groups in total. The maximum atomic E-state index is 12.0. The molecule has 0 unspecified atom stereocenters. The van der Waals surface area contributed by atoms with Crippen molar-refractivity contribution in [2.75, 3.05) is 18.0 Å². The average Bonchev–Trinajstić information content (AvgIpc) is 2.73. The highest BCUT2D eigenvalue weighted by Gasteiger charge is 2.29. The first-order valence-corrected chi connectivity index (χ1v) is 7.22. The fourth-order valence-electron chi connectivity index (χ4n) is 2.36. The van der Waals surface area contributed by atoms with Crippen molar-refractivity contribution in [2.24, 2.45) is 11.1 Å². The molecule has 0 spiro atoms. The quantitative estimate of drug-likeness (QED) is 0.870. The SMILES string of the molecule is CC(C)(C)[C@H](N)C(=O)NCCN1C(=O)Cc2ccccc21. The van der Waals surface area contributed by atoms with E-state index in [1.54, 1.807) is 4.90 Å². The van der Waals surface area contributed by atoms with Crippen molar-refractivity contribution in [1.29, 1.82) is 0 Å². The number of rotatable bonds is 4. The lowest BCUT2D eigenvalue weighted by Crippen LogP contribution is -2.50. The van der Waals surface area contributed by atoms with Crippen LogP contribution in [0.2, 0.25) is 0 Å². The van der Waals surface area contributed by atoms with Gasteiger partial charge in [0.2, 0.25) is 11.8 Å². The van der Waals surface area contributed by atoms with Gasteiger partial charge in [-0.1, -0.05) is 39.0 Å². The second kappa shape index (κ2) is 5.85. The van der Waals surface area contributed by atoms with Crippen LogP contribution in [0.15, 0.2) is 24.3 Å². The van der Waals surface area contributed by atoms with Crippen LogP contribution in [-0.2, 0) is 16.0 Å². The van der Waals surface area contributed by atoms with Crippen LogP contribution in [0.5, 0.6) is 0 Å². The third-order valence-electron chi connectivity index (χ3n) is 3.78. The second-order valence-corrected chi connectivity index (χ2v) is 6.49. The Balaban J connectivity index is 1.90. The standard InChI is InChI=1S/C16H23N3O2/c1-16(2,3)14(17)15(21)18-8-9-19-12-7-5-4-6-11(12)10-13(19)20/h4-7,14H,8-10,17H2,1-3H3,(H,18,21)/t14-/m1/s1. The zero-order valence-corrected chi connectivity index (χ0v) is 12.8. The van der Waals surface area contributed by atoms with Crippen molar-refractivity contribution in [2.45, 2.75) is 33.2 Å². The first-order valence-electron chi connectivity index (χ1n) is 7.22. The molecule has 5 heteroatoms. The molecule has 0 saturated carbocycles. The molecule has 0 saturated heterocycles. The van der Waals surface area contributed by atoms with Crippen LogP contribution in [0.1, 0.15) is 26.3 Å². The molecule has 1 atom stereocenters. The van der Waals surface area contributed by atoms with Crippen molar-refractivity contribution >= 4 is 17.5 Å². The van der Waals surface area contributed by atoms with Crippen LogP contribution in [-0.4, -0.2) is 30.9 Å². The molecule has 1 aliphatic heterocycles. The molecule has 2 amide bonds. The predicted molar refractivity (Wildman–Crippen MR) is 82.9 cm³/mol. The molecule has 21 heavy (non-hydrogen) atoms. The topological polar surface area (TPSA) is 75.4 Å². The van der Waals surface area contributed by atoms with Gasteiger partial charge in [0.15, 0.2) is 0 Å². The van der Waals surface area contributed by atoms with Gasteiger partial charge in [0, 0.05) is 18.8 Å². The number of amides is 2. The van der Waals surface area contributed by atoms with E-state index in [1.807, 2.05) is 45.0 Å². The maximum Gasteiger partial charge on any atom is 0.237 e. The Morgan fingerprint density at radius 3 is 2.71 bits per heavy atom. The Kier molecular flexibility index (Phi) is 4.32. The highest BCUT2D eigenvalue weighted by molar-refractivity contribution is 6.01. The molecule has 1 aromatic carbocycles. The third kappa shape index (κ3) is 3.42. The van der Waals surface area contributed by atoms with Gasteiger partial charge in [0.25, 0.3) is 0 Å². The fourth-order valence-corrected chi connectivity index (χ4v) is 2.36. The molecule has 5 nitrogen and oxygen atoms in total. The van der Waals surface area contributed by atoms with Gasteiger partial charge in [-0.3, -0.25) is 9.59 Å². The number of fused-ring (bicyclic) bond motifs is 1. The molecule has 0 bridgehead atoms. The highest BCUT2D eigenvalue weighted by atomic mass is 16.2. The first-order chi connectivity index (χ1) is 9.80. The minimum absolute atomic E-state index is 0.0746. The van der Waals surface area contributed by atoms with Crippen LogP contribution in [0, 0.1) is 5.41 Å². The van der Waals surface area contributed by atoms with Gasteiger partial charge in [0.05, 0.1) is 12.5 Å². The van der Waals surface area contributed by atoms with Crippen molar-refractivity contribution in [3.63, 3.8) is 0 Å². The van der Waals surface area contributed by atoms with Crippen LogP contribution >= 0.6 is 0 Å². The summed E-state index contributed by atoms with van der Waals surface area (Å²) in [6, 6.07) is 7.18. The van der Waals surface area contributed by atoms with Crippen molar-refractivity contribution < 1.29 is 9.59 Å². The lowest BCUT2D eigenvalue weighted by Gasteiger charge is -2.26. The molecule has 114 valence electrons. The Labute approximate surface area is 125 Å². The smallest absolute Gasteiger partial charge is 0.237 e. The summed E-state index contributed by atoms with van der Waals surface area (Å²) in [4.78, 5) is 25.7. The summed E-state index contributed by atoms with van der Waals surface area (Å²) in [6.07, 6.45) is 0.436. The monoisotopic (exact) mass is 289 g/mol. The van der Waals surface area contributed by atoms with E-state index in [9.17, 15) is 9.59 Å². The average molecular weight is 289 g/mol. The lowest BCUT2D eigenvalue weighted by atomic mass is 9.87. The van der Waals surface area contributed by atoms with Crippen LogP contribution in [0.4, 0.5) is 5.69 Å². The third-order valence-corrected chi connectivity index (χ3v) is 3.78. The van der Waals surface area contributed by atoms with Gasteiger partial charge in [-0.2, -0.15) is 0 Å². The molecule has 1 heterocycles. The number of anilines is 1. The summed E-state index contributed by atoms with van der Waals surface area (Å²) in [5, 5.41) is 2.81. The van der Waals surface area contributed by atoms with Gasteiger partial charge in [-0.15, -0.1) is 0 Å². The Hall–Kier alpha value is -1.88. The normalized spacial score (nSPS) is 15.8. The lowest BCUT2D eigenvalue weighted by molar-refractivity contribution is -0.124. The Morgan fingerprint density at radius 2 is 2.05 bits per heavy atom. The second-order valence-electron chi connectivity index (χ2n) is 6.49. The van der Waals surface area contributed by atoms with E-state index in [-0.39, 0.29) is 17.2 Å². The van der Waals surface area contributed by atoms with Gasteiger partial charge in [-0.05, 0) is 17.0 Å². The number of hydrogen-bond donors (Lipinski definition) is 2. The highest BCUT2D eigenvalue weighted by Crippen LogP contribution is 2.27. The van der Waals surface area contributed by atoms with Gasteiger partial charge in [-0.25, -0.2) is 0 Å². The molecule has 2 rings (SSSR count). The number of nitrogens with one attached hydrogen (secondary N) is 1. The van der Waals surface area contributed by atoms with Gasteiger partial charge < -0.3 is 16.0 Å². The van der Waals surface area contributed by atoms with Crippen LogP contribution in [0.25, 0.3) is 0 Å². The molecule has 1 aromatic rings. The van der Waals surface area contributed by atoms with E-state index in [1.165, 1.54) is 0 Å². The van der Waals surface area contributed by atoms with E-state index in [4.69, 9.17) is 5.73 Å². The molecule has 0 aromatic heterocycles. The van der Waals surface area contributed by atoms with E-state index in [2.05, 4.69) is 5.32 Å². The van der Waals surface area contributed by atoms with Crippen LogP contribution in [0.3, 0.4) is 0 Å². The van der Waals surface area contributed by atoms with Crippen molar-refractivity contribution in [3.05, 3.63) is 29.8 Å². The van der Waals surface area contributed by atoms with Gasteiger partial charge in [0.1, 0.15) is 0 Å². The number of benzene rings is 1. The predicted octanol–water partition coefficient (Wildman–Crippen LogP) is 1.07. The number of para-hydroxylation sites is 1. The Bertz CT molecular complexity index is 549. The van der Waals surface area contributed by atoms with E-state index in [0.717, 1.165) is 11.3 Å². The van der Waals surface area contributed by atoms with Gasteiger partial charge >= 0.3 is 0 Å². The number of nitrogens with two attached hydrogens (primary N) is 1. The minimum Gasteiger partial charge on any atom is -0.353 e. The summed E-state index contributed by atoms with van der Waals surface area (Å²) in [5.74, 6) is -0.104. The molecule has 0 radical (unpaired) electrons. The summed E-state index contributed by atoms with van der Waals surface area (Å²) in [6.45, 7) is 6.66. The molecular weight excluding hydrogens is 266 g/mol. The van der Waals surface area contributed by atoms with E-state index < -0.39 is 6.04 Å². The fraction of sp³-hybridized carbons (Fsp3) is 0.500. The van der Waals surface area contributed by atoms with E-state index in [0.29, 0.717) is 19.5 Å². The largest absolute Gasteiger partial charge is 0.353 e. The van der Waals surface area contributed by atoms with E-state index >= 15 is 0 Å². The minimum atomic E-state index is -0.556. The van der Waals surface area contributed by atoms with Crippen molar-refractivity contribution in [3.8, 4) is 0 Å². The number of nitrogens with zero attached hydrogens (tertiary/aromatic N) is 1. The molecular formula is C16H23N3O2. The number of carbonyl (C=O) groups is 2. The zero-order chi connectivity index (χ0) is 15.6. The summed E-state index contributed by atoms with van der Waals surface area (Å²) in [5.41, 5.74) is 7.61. The van der Waals surface area contributed by atoms with Crippen LogP contribution < -0.4 is 16.0 Å². The number of carbonyl (C=O) groups excluding carboxylic acids is 2. The Morgan fingerprint density at radius 1 is 1.38 bits per heavy atom. The van der Waals surface area contributed by atoms with Crippen molar-refractivity contribution in [1.82, 2.24) is 5.32 Å². The summed E-state index contributed by atoms with van der Waals surface area (Å²) < 4.78 is 0. The molecule has 0 fully saturated rings. The number of hydrogen-bond acceptors (Lipinski definition) is 3. The summed E-state index contributed by atoms with van der Waals surface area (Å²) >= 11 is 0. The maximum absolute atomic E-state index is 12.0. The summed E-state index contributed by atoms with van der Waals surface area (Å²) in [7, 11) is 0. The first kappa shape index (κ1) is 15.5. The molecule has 1 aliphatic rings.